The Bertz CT molecular complexity index is 478. The zero-order valence-corrected chi connectivity index (χ0v) is 9.37. The molecule has 0 aromatic heterocycles. The maximum Gasteiger partial charge on any atom is 0.304 e. The number of benzene rings is 1. The first-order valence-electron chi connectivity index (χ1n) is 5.13. The second kappa shape index (κ2) is 6.32. The Morgan fingerprint density at radius 1 is 1.50 bits per heavy atom. The normalized spacial score (nSPS) is 11.5. The molecule has 0 fully saturated rings. The maximum atomic E-state index is 10.5. The van der Waals surface area contributed by atoms with Crippen LogP contribution in [0, 0.1) is 21.4 Å². The lowest BCUT2D eigenvalue weighted by Crippen LogP contribution is -2.22. The SMILES string of the molecule is N#CC(NCCC(=O)O)c1ccc([N+](=O)[O-])cc1. The lowest BCUT2D eigenvalue weighted by Gasteiger charge is -2.10. The van der Waals surface area contributed by atoms with Crippen LogP contribution in [0.15, 0.2) is 24.3 Å². The number of nitro benzene ring substituents is 1. The summed E-state index contributed by atoms with van der Waals surface area (Å²) in [5.41, 5.74) is 0.509. The molecule has 18 heavy (non-hydrogen) atoms. The van der Waals surface area contributed by atoms with Gasteiger partial charge in [0, 0.05) is 18.7 Å². The fraction of sp³-hybridized carbons (Fsp3) is 0.273. The van der Waals surface area contributed by atoms with Crippen molar-refractivity contribution < 1.29 is 14.8 Å². The van der Waals surface area contributed by atoms with E-state index >= 15 is 0 Å². The summed E-state index contributed by atoms with van der Waals surface area (Å²) in [4.78, 5) is 20.3. The molecule has 0 heterocycles. The van der Waals surface area contributed by atoms with E-state index in [0.29, 0.717) is 5.56 Å². The summed E-state index contributed by atoms with van der Waals surface area (Å²) in [6.07, 6.45) is -0.0921. The van der Waals surface area contributed by atoms with Crippen LogP contribution in [0.1, 0.15) is 18.0 Å². The zero-order valence-electron chi connectivity index (χ0n) is 9.37. The summed E-state index contributed by atoms with van der Waals surface area (Å²) in [5, 5.41) is 30.6. The third-order valence-electron chi connectivity index (χ3n) is 2.25. The summed E-state index contributed by atoms with van der Waals surface area (Å²) in [6, 6.07) is 6.84. The van der Waals surface area contributed by atoms with Gasteiger partial charge in [-0.1, -0.05) is 0 Å². The number of rotatable bonds is 6. The minimum absolute atomic E-state index is 0.0547. The van der Waals surface area contributed by atoms with E-state index in [1.54, 1.807) is 0 Å². The highest BCUT2D eigenvalue weighted by molar-refractivity contribution is 5.66. The van der Waals surface area contributed by atoms with Crippen molar-refractivity contribution in [2.75, 3.05) is 6.54 Å². The molecule has 0 saturated carbocycles. The van der Waals surface area contributed by atoms with Crippen molar-refractivity contribution in [3.8, 4) is 6.07 Å². The molecule has 0 aliphatic rings. The molecule has 0 bridgehead atoms. The summed E-state index contributed by atoms with van der Waals surface area (Å²) < 4.78 is 0. The van der Waals surface area contributed by atoms with Crippen LogP contribution >= 0.6 is 0 Å². The Kier molecular flexibility index (Phi) is 4.78. The average Bonchev–Trinajstić information content (AvgIpc) is 2.34. The first kappa shape index (κ1) is 13.6. The molecule has 1 unspecified atom stereocenters. The zero-order chi connectivity index (χ0) is 13.5. The summed E-state index contributed by atoms with van der Waals surface area (Å²) >= 11 is 0. The summed E-state index contributed by atoms with van der Waals surface area (Å²) in [7, 11) is 0. The topological polar surface area (TPSA) is 116 Å². The predicted octanol–water partition coefficient (Wildman–Crippen LogP) is 1.22. The van der Waals surface area contributed by atoms with Crippen LogP contribution < -0.4 is 5.32 Å². The van der Waals surface area contributed by atoms with Gasteiger partial charge in [-0.2, -0.15) is 5.26 Å². The first-order chi connectivity index (χ1) is 8.54. The van der Waals surface area contributed by atoms with Crippen LogP contribution in [0.3, 0.4) is 0 Å². The van der Waals surface area contributed by atoms with Gasteiger partial charge >= 0.3 is 5.97 Å². The predicted molar refractivity (Wildman–Crippen MR) is 61.7 cm³/mol. The lowest BCUT2D eigenvalue weighted by molar-refractivity contribution is -0.384. The van der Waals surface area contributed by atoms with Crippen LogP contribution in [0.2, 0.25) is 0 Å². The number of carbonyl (C=O) groups is 1. The summed E-state index contributed by atoms with van der Waals surface area (Å²) in [6.45, 7) is 0.157. The van der Waals surface area contributed by atoms with Gasteiger partial charge in [-0.3, -0.25) is 20.2 Å². The van der Waals surface area contributed by atoms with Gasteiger partial charge in [0.15, 0.2) is 0 Å². The van der Waals surface area contributed by atoms with Crippen LogP contribution in [-0.2, 0) is 4.79 Å². The first-order valence-corrected chi connectivity index (χ1v) is 5.13. The van der Waals surface area contributed by atoms with Gasteiger partial charge in [0.05, 0.1) is 17.4 Å². The van der Waals surface area contributed by atoms with Gasteiger partial charge in [-0.05, 0) is 17.7 Å². The number of nitriles is 1. The number of hydrogen-bond donors (Lipinski definition) is 2. The molecule has 0 aliphatic heterocycles. The molecule has 7 nitrogen and oxygen atoms in total. The highest BCUT2D eigenvalue weighted by Gasteiger charge is 2.12. The van der Waals surface area contributed by atoms with E-state index < -0.39 is 16.9 Å². The number of nitrogens with zero attached hydrogens (tertiary/aromatic N) is 2. The van der Waals surface area contributed by atoms with E-state index in [4.69, 9.17) is 10.4 Å². The number of carboxylic acid groups (broad SMARTS) is 1. The Morgan fingerprint density at radius 2 is 2.11 bits per heavy atom. The number of nitrogens with one attached hydrogen (secondary N) is 1. The lowest BCUT2D eigenvalue weighted by atomic mass is 10.1. The van der Waals surface area contributed by atoms with Crippen molar-refractivity contribution in [1.82, 2.24) is 5.32 Å². The molecule has 1 aromatic carbocycles. The second-order valence-corrected chi connectivity index (χ2v) is 3.51. The fourth-order valence-corrected chi connectivity index (χ4v) is 1.35. The molecule has 1 atom stereocenters. The Labute approximate surface area is 103 Å². The maximum absolute atomic E-state index is 10.5. The molecule has 2 N–H and O–H groups in total. The van der Waals surface area contributed by atoms with Gasteiger partial charge < -0.3 is 5.11 Å². The number of hydrogen-bond acceptors (Lipinski definition) is 5. The van der Waals surface area contributed by atoms with Crippen molar-refractivity contribution >= 4 is 11.7 Å². The minimum atomic E-state index is -0.956. The van der Waals surface area contributed by atoms with E-state index in [-0.39, 0.29) is 18.7 Å². The molecular formula is C11H11N3O4. The number of carboxylic acids is 1. The van der Waals surface area contributed by atoms with E-state index in [2.05, 4.69) is 5.32 Å². The highest BCUT2D eigenvalue weighted by Crippen LogP contribution is 2.17. The monoisotopic (exact) mass is 249 g/mol. The molecule has 94 valence electrons. The average molecular weight is 249 g/mol. The van der Waals surface area contributed by atoms with E-state index in [1.807, 2.05) is 6.07 Å². The molecule has 1 rings (SSSR count). The molecule has 1 aromatic rings. The number of nitro groups is 1. The van der Waals surface area contributed by atoms with E-state index in [9.17, 15) is 14.9 Å². The minimum Gasteiger partial charge on any atom is -0.481 e. The van der Waals surface area contributed by atoms with Crippen LogP contribution in [0.5, 0.6) is 0 Å². The van der Waals surface area contributed by atoms with Gasteiger partial charge in [0.25, 0.3) is 5.69 Å². The third kappa shape index (κ3) is 3.84. The van der Waals surface area contributed by atoms with E-state index in [1.165, 1.54) is 24.3 Å². The van der Waals surface area contributed by atoms with Crippen LogP contribution in [0.4, 0.5) is 5.69 Å². The molecule has 0 saturated heterocycles. The van der Waals surface area contributed by atoms with Crippen molar-refractivity contribution in [3.63, 3.8) is 0 Å². The second-order valence-electron chi connectivity index (χ2n) is 3.51. The Morgan fingerprint density at radius 3 is 2.56 bits per heavy atom. The van der Waals surface area contributed by atoms with Gasteiger partial charge in [0.2, 0.25) is 0 Å². The molecule has 0 spiro atoms. The smallest absolute Gasteiger partial charge is 0.304 e. The van der Waals surface area contributed by atoms with Crippen molar-refractivity contribution in [2.24, 2.45) is 0 Å². The van der Waals surface area contributed by atoms with E-state index in [0.717, 1.165) is 0 Å². The summed E-state index contributed by atoms with van der Waals surface area (Å²) in [5.74, 6) is -0.956. The van der Waals surface area contributed by atoms with Crippen LogP contribution in [0.25, 0.3) is 0 Å². The third-order valence-corrected chi connectivity index (χ3v) is 2.25. The molecular weight excluding hydrogens is 238 g/mol. The number of aliphatic carboxylic acids is 1. The Hall–Kier alpha value is -2.46. The number of non-ortho nitro benzene ring substituents is 1. The van der Waals surface area contributed by atoms with Gasteiger partial charge in [-0.15, -0.1) is 0 Å². The standard InChI is InChI=1S/C11H11N3O4/c12-7-10(13-6-5-11(15)16)8-1-3-9(4-2-8)14(17)18/h1-4,10,13H,5-6H2,(H,15,16). The van der Waals surface area contributed by atoms with Gasteiger partial charge in [-0.25, -0.2) is 0 Å². The highest BCUT2D eigenvalue weighted by atomic mass is 16.6. The van der Waals surface area contributed by atoms with Crippen LogP contribution in [-0.4, -0.2) is 22.5 Å². The van der Waals surface area contributed by atoms with Crippen molar-refractivity contribution in [3.05, 3.63) is 39.9 Å². The van der Waals surface area contributed by atoms with Gasteiger partial charge in [0.1, 0.15) is 6.04 Å². The Balaban J connectivity index is 2.68. The molecule has 0 aliphatic carbocycles. The molecule has 7 heteroatoms. The molecule has 0 amide bonds. The molecule has 0 radical (unpaired) electrons. The fourth-order valence-electron chi connectivity index (χ4n) is 1.35. The van der Waals surface area contributed by atoms with Crippen molar-refractivity contribution in [1.29, 1.82) is 5.26 Å². The largest absolute Gasteiger partial charge is 0.481 e. The van der Waals surface area contributed by atoms with Crippen molar-refractivity contribution in [2.45, 2.75) is 12.5 Å². The quantitative estimate of drug-likeness (QED) is 0.578.